The summed E-state index contributed by atoms with van der Waals surface area (Å²) in [6, 6.07) is 8.31. The topological polar surface area (TPSA) is 29.3 Å². The van der Waals surface area contributed by atoms with Crippen LogP contribution in [0.4, 0.5) is 0 Å². The summed E-state index contributed by atoms with van der Waals surface area (Å²) in [6.45, 7) is 7.26. The highest BCUT2D eigenvalue weighted by Crippen LogP contribution is 2.33. The van der Waals surface area contributed by atoms with E-state index in [0.717, 1.165) is 17.9 Å². The average molecular weight is 269 g/mol. The predicted octanol–water partition coefficient (Wildman–Crippen LogP) is 3.85. The van der Waals surface area contributed by atoms with Crippen LogP contribution < -0.4 is 5.73 Å². The fraction of sp³-hybridized carbons (Fsp3) is 0.600. The molecule has 0 heterocycles. The van der Waals surface area contributed by atoms with Gasteiger partial charge in [-0.2, -0.15) is 0 Å². The molecule has 18 heavy (non-hydrogen) atoms. The highest BCUT2D eigenvalue weighted by atomic mass is 35.5. The normalized spacial score (nSPS) is 13.9. The van der Waals surface area contributed by atoms with Gasteiger partial charge in [0.2, 0.25) is 0 Å². The Balaban J connectivity index is 3.03. The maximum absolute atomic E-state index is 6.28. The molecule has 1 atom stereocenters. The summed E-state index contributed by atoms with van der Waals surface area (Å²) < 4.78 is 0. The van der Waals surface area contributed by atoms with Crippen LogP contribution in [0.5, 0.6) is 0 Å². The number of halogens is 1. The lowest BCUT2D eigenvalue weighted by molar-refractivity contribution is 0.0760. The van der Waals surface area contributed by atoms with Gasteiger partial charge in [0.1, 0.15) is 0 Å². The molecular formula is C15H25ClN2. The van der Waals surface area contributed by atoms with Crippen LogP contribution in [-0.2, 0) is 0 Å². The Morgan fingerprint density at radius 2 is 1.83 bits per heavy atom. The smallest absolute Gasteiger partial charge is 0.0453 e. The van der Waals surface area contributed by atoms with Crippen LogP contribution in [-0.4, -0.2) is 24.0 Å². The molecule has 2 N–H and O–H groups in total. The molecule has 1 unspecified atom stereocenters. The van der Waals surface area contributed by atoms with Crippen molar-refractivity contribution >= 4 is 11.6 Å². The molecule has 0 spiro atoms. The van der Waals surface area contributed by atoms with Gasteiger partial charge in [-0.25, -0.2) is 0 Å². The highest BCUT2D eigenvalue weighted by molar-refractivity contribution is 6.31. The second-order valence-electron chi connectivity index (χ2n) is 4.94. The van der Waals surface area contributed by atoms with Crippen LogP contribution >= 0.6 is 11.6 Å². The van der Waals surface area contributed by atoms with Crippen molar-refractivity contribution in [1.29, 1.82) is 0 Å². The van der Waals surface area contributed by atoms with Gasteiger partial charge < -0.3 is 5.73 Å². The van der Waals surface area contributed by atoms with E-state index in [1.807, 2.05) is 18.2 Å². The van der Waals surface area contributed by atoms with Crippen molar-refractivity contribution in [2.75, 3.05) is 13.6 Å². The van der Waals surface area contributed by atoms with E-state index in [2.05, 4.69) is 38.8 Å². The maximum Gasteiger partial charge on any atom is 0.0453 e. The number of nitrogens with two attached hydrogens (primary N) is 1. The molecule has 0 amide bonds. The first-order chi connectivity index (χ1) is 8.52. The van der Waals surface area contributed by atoms with Crippen molar-refractivity contribution in [3.05, 3.63) is 34.9 Å². The number of rotatable bonds is 6. The number of nitrogens with zero attached hydrogens (tertiary/aromatic N) is 1. The Hall–Kier alpha value is -0.570. The van der Waals surface area contributed by atoms with Gasteiger partial charge in [0.15, 0.2) is 0 Å². The molecule has 0 aliphatic carbocycles. The fourth-order valence-corrected chi connectivity index (χ4v) is 2.91. The minimum absolute atomic E-state index is 0.0542. The van der Waals surface area contributed by atoms with Gasteiger partial charge in [-0.3, -0.25) is 4.90 Å². The third-order valence-electron chi connectivity index (χ3n) is 4.38. The van der Waals surface area contributed by atoms with Crippen molar-refractivity contribution in [2.45, 2.75) is 45.2 Å². The minimum Gasteiger partial charge on any atom is -0.329 e. The second kappa shape index (κ2) is 6.55. The lowest BCUT2D eigenvalue weighted by atomic mass is 9.88. The van der Waals surface area contributed by atoms with Gasteiger partial charge >= 0.3 is 0 Å². The number of likely N-dealkylation sites (N-methyl/N-ethyl adjacent to an activating group) is 1. The molecule has 0 aliphatic heterocycles. The molecule has 0 saturated carbocycles. The molecule has 0 saturated heterocycles. The average Bonchev–Trinajstić information content (AvgIpc) is 2.41. The van der Waals surface area contributed by atoms with Crippen molar-refractivity contribution < 1.29 is 0 Å². The first-order valence-corrected chi connectivity index (χ1v) is 7.07. The third kappa shape index (κ3) is 2.87. The van der Waals surface area contributed by atoms with Crippen molar-refractivity contribution in [1.82, 2.24) is 4.90 Å². The molecule has 3 heteroatoms. The number of benzene rings is 1. The molecule has 0 aromatic heterocycles. The molecule has 0 radical (unpaired) electrons. The molecule has 1 aromatic carbocycles. The summed E-state index contributed by atoms with van der Waals surface area (Å²) in [4.78, 5) is 2.37. The molecule has 102 valence electrons. The first kappa shape index (κ1) is 15.5. The maximum atomic E-state index is 6.28. The Morgan fingerprint density at radius 1 is 1.28 bits per heavy atom. The van der Waals surface area contributed by atoms with Crippen LogP contribution in [0.1, 0.15) is 45.2 Å². The molecule has 0 aliphatic rings. The summed E-state index contributed by atoms with van der Waals surface area (Å²) >= 11 is 6.28. The third-order valence-corrected chi connectivity index (χ3v) is 4.72. The van der Waals surface area contributed by atoms with Gasteiger partial charge in [0.05, 0.1) is 0 Å². The summed E-state index contributed by atoms with van der Waals surface area (Å²) in [5.41, 5.74) is 7.23. The Kier molecular flexibility index (Phi) is 5.64. The van der Waals surface area contributed by atoms with E-state index in [1.165, 1.54) is 5.56 Å². The summed E-state index contributed by atoms with van der Waals surface area (Å²) in [7, 11) is 2.15. The van der Waals surface area contributed by atoms with E-state index >= 15 is 0 Å². The molecule has 0 bridgehead atoms. The summed E-state index contributed by atoms with van der Waals surface area (Å²) in [6.07, 6.45) is 2.09. The van der Waals surface area contributed by atoms with E-state index in [0.29, 0.717) is 6.54 Å². The van der Waals surface area contributed by atoms with E-state index in [9.17, 15) is 0 Å². The van der Waals surface area contributed by atoms with Crippen molar-refractivity contribution in [3.63, 3.8) is 0 Å². The Morgan fingerprint density at radius 3 is 2.28 bits per heavy atom. The van der Waals surface area contributed by atoms with Crippen LogP contribution in [0.15, 0.2) is 24.3 Å². The van der Waals surface area contributed by atoms with Crippen LogP contribution in [0.3, 0.4) is 0 Å². The molecule has 1 aromatic rings. The van der Waals surface area contributed by atoms with Crippen molar-refractivity contribution in [3.8, 4) is 0 Å². The van der Waals surface area contributed by atoms with E-state index in [4.69, 9.17) is 17.3 Å². The first-order valence-electron chi connectivity index (χ1n) is 6.69. The minimum atomic E-state index is 0.0542. The largest absolute Gasteiger partial charge is 0.329 e. The zero-order valence-electron chi connectivity index (χ0n) is 11.9. The molecule has 2 nitrogen and oxygen atoms in total. The summed E-state index contributed by atoms with van der Waals surface area (Å²) in [5.74, 6) is 0. The van der Waals surface area contributed by atoms with E-state index in [-0.39, 0.29) is 11.6 Å². The van der Waals surface area contributed by atoms with E-state index in [1.54, 1.807) is 0 Å². The van der Waals surface area contributed by atoms with Crippen LogP contribution in [0.25, 0.3) is 0 Å². The van der Waals surface area contributed by atoms with Gasteiger partial charge in [-0.15, -0.1) is 0 Å². The lowest BCUT2D eigenvalue weighted by Crippen LogP contribution is -2.52. The van der Waals surface area contributed by atoms with E-state index < -0.39 is 0 Å². The van der Waals surface area contributed by atoms with Crippen LogP contribution in [0, 0.1) is 0 Å². The second-order valence-corrected chi connectivity index (χ2v) is 5.35. The Labute approximate surface area is 116 Å². The van der Waals surface area contributed by atoms with Gasteiger partial charge in [0, 0.05) is 23.1 Å². The zero-order valence-corrected chi connectivity index (χ0v) is 12.7. The summed E-state index contributed by atoms with van der Waals surface area (Å²) in [5, 5.41) is 0.829. The van der Waals surface area contributed by atoms with Gasteiger partial charge in [-0.1, -0.05) is 43.6 Å². The standard InChI is InChI=1S/C15H25ClN2/c1-5-15(6-2,11-17)18(4)12(3)13-9-7-8-10-14(13)16/h7-10,12H,5-6,11,17H2,1-4H3. The van der Waals surface area contributed by atoms with Crippen molar-refractivity contribution in [2.24, 2.45) is 5.73 Å². The fourth-order valence-electron chi connectivity index (χ4n) is 2.61. The highest BCUT2D eigenvalue weighted by Gasteiger charge is 2.33. The molecular weight excluding hydrogens is 244 g/mol. The number of hydrogen-bond donors (Lipinski definition) is 1. The van der Waals surface area contributed by atoms with Gasteiger partial charge in [0.25, 0.3) is 0 Å². The monoisotopic (exact) mass is 268 g/mol. The Bertz CT molecular complexity index is 366. The quantitative estimate of drug-likeness (QED) is 0.849. The van der Waals surface area contributed by atoms with Gasteiger partial charge in [-0.05, 0) is 38.4 Å². The lowest BCUT2D eigenvalue weighted by Gasteiger charge is -2.44. The predicted molar refractivity (Wildman–Crippen MR) is 80.0 cm³/mol. The zero-order chi connectivity index (χ0) is 13.8. The SMILES string of the molecule is CCC(CC)(CN)N(C)C(C)c1ccccc1Cl. The molecule has 1 rings (SSSR count). The molecule has 0 fully saturated rings. The number of hydrogen-bond acceptors (Lipinski definition) is 2. The van der Waals surface area contributed by atoms with Crippen LogP contribution in [0.2, 0.25) is 5.02 Å².